The third kappa shape index (κ3) is 15.1. The SMILES string of the molecule is NCC(N)=O.N[C@@H](CCC(=O)O)C(=O)O. The Balaban J connectivity index is 0. The topological polar surface area (TPSA) is 170 Å². The van der Waals surface area contributed by atoms with Crippen LogP contribution in [0.5, 0.6) is 0 Å². The van der Waals surface area contributed by atoms with Gasteiger partial charge in [-0.15, -0.1) is 0 Å². The largest absolute Gasteiger partial charge is 0.481 e. The lowest BCUT2D eigenvalue weighted by molar-refractivity contribution is -0.139. The first kappa shape index (κ1) is 15.8. The molecule has 0 aliphatic carbocycles. The predicted molar refractivity (Wildman–Crippen MR) is 50.7 cm³/mol. The van der Waals surface area contributed by atoms with Crippen molar-refractivity contribution >= 4 is 17.8 Å². The van der Waals surface area contributed by atoms with Crippen LogP contribution in [0.3, 0.4) is 0 Å². The Kier molecular flexibility index (Phi) is 9.37. The molecule has 0 saturated carbocycles. The summed E-state index contributed by atoms with van der Waals surface area (Å²) < 4.78 is 0. The zero-order chi connectivity index (χ0) is 12.4. The summed E-state index contributed by atoms with van der Waals surface area (Å²) in [5.74, 6) is -2.66. The second kappa shape index (κ2) is 8.91. The zero-order valence-electron chi connectivity index (χ0n) is 8.05. The van der Waals surface area contributed by atoms with Gasteiger partial charge < -0.3 is 27.4 Å². The van der Waals surface area contributed by atoms with E-state index in [1.54, 1.807) is 0 Å². The lowest BCUT2D eigenvalue weighted by Crippen LogP contribution is -2.30. The summed E-state index contributed by atoms with van der Waals surface area (Å²) in [6.45, 7) is -0.0556. The van der Waals surface area contributed by atoms with Crippen LogP contribution in [-0.2, 0) is 14.4 Å². The van der Waals surface area contributed by atoms with Crippen LogP contribution in [0.4, 0.5) is 0 Å². The molecule has 0 aliphatic rings. The molecule has 0 radical (unpaired) electrons. The molecule has 0 saturated heterocycles. The number of amides is 1. The zero-order valence-corrected chi connectivity index (χ0v) is 8.05. The molecule has 0 spiro atoms. The normalized spacial score (nSPS) is 10.8. The molecular weight excluding hydrogens is 206 g/mol. The third-order valence-electron chi connectivity index (χ3n) is 1.19. The summed E-state index contributed by atoms with van der Waals surface area (Å²) >= 11 is 0. The van der Waals surface area contributed by atoms with Crippen molar-refractivity contribution in [2.24, 2.45) is 17.2 Å². The molecule has 8 nitrogen and oxygen atoms in total. The molecule has 8 N–H and O–H groups in total. The van der Waals surface area contributed by atoms with Gasteiger partial charge in [-0.25, -0.2) is 0 Å². The summed E-state index contributed by atoms with van der Waals surface area (Å²) in [6, 6.07) is -1.06. The Morgan fingerprint density at radius 1 is 1.20 bits per heavy atom. The minimum atomic E-state index is -1.17. The molecule has 0 unspecified atom stereocenters. The van der Waals surface area contributed by atoms with Gasteiger partial charge in [0.15, 0.2) is 0 Å². The fraction of sp³-hybridized carbons (Fsp3) is 0.571. The second-order valence-electron chi connectivity index (χ2n) is 2.55. The number of carbonyl (C=O) groups is 3. The maximum absolute atomic E-state index is 9.99. The minimum Gasteiger partial charge on any atom is -0.481 e. The first-order valence-corrected chi connectivity index (χ1v) is 3.99. The molecule has 0 rings (SSSR count). The lowest BCUT2D eigenvalue weighted by atomic mass is 10.2. The number of nitrogens with two attached hydrogens (primary N) is 3. The van der Waals surface area contributed by atoms with Crippen LogP contribution in [0.15, 0.2) is 0 Å². The molecule has 0 bridgehead atoms. The van der Waals surface area contributed by atoms with Crippen molar-refractivity contribution in [3.63, 3.8) is 0 Å². The highest BCUT2D eigenvalue weighted by molar-refractivity contribution is 5.75. The maximum atomic E-state index is 9.99. The summed E-state index contributed by atoms with van der Waals surface area (Å²) in [4.78, 5) is 29.3. The highest BCUT2D eigenvalue weighted by atomic mass is 16.4. The Labute approximate surface area is 86.0 Å². The molecule has 1 atom stereocenters. The summed E-state index contributed by atoms with van der Waals surface area (Å²) in [5.41, 5.74) is 14.2. The summed E-state index contributed by atoms with van der Waals surface area (Å²) in [6.07, 6.45) is -0.224. The van der Waals surface area contributed by atoms with Crippen LogP contribution in [0, 0.1) is 0 Å². The fourth-order valence-corrected chi connectivity index (χ4v) is 0.402. The summed E-state index contributed by atoms with van der Waals surface area (Å²) in [7, 11) is 0. The highest BCUT2D eigenvalue weighted by Crippen LogP contribution is 1.93. The fourth-order valence-electron chi connectivity index (χ4n) is 0.402. The molecule has 0 aliphatic heterocycles. The number of primary amides is 1. The Hall–Kier alpha value is -1.67. The van der Waals surface area contributed by atoms with Crippen molar-refractivity contribution < 1.29 is 24.6 Å². The van der Waals surface area contributed by atoms with Crippen LogP contribution >= 0.6 is 0 Å². The second-order valence-corrected chi connectivity index (χ2v) is 2.55. The van der Waals surface area contributed by atoms with Crippen molar-refractivity contribution in [3.05, 3.63) is 0 Å². The minimum absolute atomic E-state index is 0.0231. The third-order valence-corrected chi connectivity index (χ3v) is 1.19. The van der Waals surface area contributed by atoms with E-state index in [0.717, 1.165) is 0 Å². The Morgan fingerprint density at radius 3 is 1.80 bits per heavy atom. The van der Waals surface area contributed by atoms with Gasteiger partial charge in [0.25, 0.3) is 0 Å². The molecule has 15 heavy (non-hydrogen) atoms. The molecule has 0 heterocycles. The first-order chi connectivity index (χ1) is 6.81. The van der Waals surface area contributed by atoms with Gasteiger partial charge in [0.05, 0.1) is 6.54 Å². The molecular formula is C7H15N3O5. The standard InChI is InChI=1S/C5H9NO4.C2H6N2O/c6-3(5(9)10)1-2-4(7)8;3-1-2(4)5/h3H,1-2,6H2,(H,7,8)(H,9,10);1,3H2,(H2,4,5)/t3-;/m0./s1. The number of carboxylic acids is 2. The highest BCUT2D eigenvalue weighted by Gasteiger charge is 2.12. The van der Waals surface area contributed by atoms with E-state index in [-0.39, 0.29) is 19.4 Å². The van der Waals surface area contributed by atoms with Crippen LogP contribution in [0.1, 0.15) is 12.8 Å². The van der Waals surface area contributed by atoms with E-state index in [1.807, 2.05) is 0 Å². The van der Waals surface area contributed by atoms with Gasteiger partial charge in [0.2, 0.25) is 5.91 Å². The Morgan fingerprint density at radius 2 is 1.60 bits per heavy atom. The van der Waals surface area contributed by atoms with E-state index in [4.69, 9.17) is 21.7 Å². The molecule has 8 heteroatoms. The van der Waals surface area contributed by atoms with Crippen molar-refractivity contribution in [1.29, 1.82) is 0 Å². The van der Waals surface area contributed by atoms with Gasteiger partial charge in [-0.05, 0) is 6.42 Å². The molecule has 0 fully saturated rings. The monoisotopic (exact) mass is 221 g/mol. The predicted octanol–water partition coefficient (Wildman–Crippen LogP) is -2.31. The number of carboxylic acid groups (broad SMARTS) is 2. The van der Waals surface area contributed by atoms with E-state index in [1.165, 1.54) is 0 Å². The van der Waals surface area contributed by atoms with E-state index < -0.39 is 23.9 Å². The number of aliphatic carboxylic acids is 2. The lowest BCUT2D eigenvalue weighted by Gasteiger charge is -2.01. The van der Waals surface area contributed by atoms with E-state index >= 15 is 0 Å². The Bertz CT molecular complexity index is 231. The number of hydrogen-bond donors (Lipinski definition) is 5. The number of hydrogen-bond acceptors (Lipinski definition) is 5. The van der Waals surface area contributed by atoms with Gasteiger partial charge in [-0.3, -0.25) is 14.4 Å². The van der Waals surface area contributed by atoms with Crippen molar-refractivity contribution in [3.8, 4) is 0 Å². The number of rotatable bonds is 5. The van der Waals surface area contributed by atoms with Gasteiger partial charge in [0, 0.05) is 6.42 Å². The molecule has 88 valence electrons. The first-order valence-electron chi connectivity index (χ1n) is 3.99. The van der Waals surface area contributed by atoms with Crippen LogP contribution in [0.25, 0.3) is 0 Å². The van der Waals surface area contributed by atoms with Gasteiger partial charge in [0.1, 0.15) is 6.04 Å². The average Bonchev–Trinajstić information content (AvgIpc) is 2.14. The van der Waals surface area contributed by atoms with Gasteiger partial charge in [-0.1, -0.05) is 0 Å². The smallest absolute Gasteiger partial charge is 0.320 e. The van der Waals surface area contributed by atoms with Crippen LogP contribution in [-0.4, -0.2) is 40.6 Å². The van der Waals surface area contributed by atoms with Crippen LogP contribution in [0.2, 0.25) is 0 Å². The van der Waals surface area contributed by atoms with Gasteiger partial charge >= 0.3 is 11.9 Å². The van der Waals surface area contributed by atoms with E-state index in [2.05, 4.69) is 5.73 Å². The van der Waals surface area contributed by atoms with E-state index in [9.17, 15) is 14.4 Å². The molecule has 0 aromatic rings. The quantitative estimate of drug-likeness (QED) is 0.347. The number of carbonyl (C=O) groups excluding carboxylic acids is 1. The van der Waals surface area contributed by atoms with Crippen LogP contribution < -0.4 is 17.2 Å². The maximum Gasteiger partial charge on any atom is 0.320 e. The van der Waals surface area contributed by atoms with Gasteiger partial charge in [-0.2, -0.15) is 0 Å². The molecule has 0 aromatic heterocycles. The molecule has 0 aromatic carbocycles. The van der Waals surface area contributed by atoms with Crippen molar-refractivity contribution in [2.75, 3.05) is 6.54 Å². The van der Waals surface area contributed by atoms with Crippen molar-refractivity contribution in [2.45, 2.75) is 18.9 Å². The molecule has 1 amide bonds. The van der Waals surface area contributed by atoms with Crippen molar-refractivity contribution in [1.82, 2.24) is 0 Å². The van der Waals surface area contributed by atoms with E-state index in [0.29, 0.717) is 0 Å². The average molecular weight is 221 g/mol. The summed E-state index contributed by atoms with van der Waals surface area (Å²) in [5, 5.41) is 16.3.